The van der Waals surface area contributed by atoms with Gasteiger partial charge in [-0.25, -0.2) is 4.79 Å². The maximum Gasteiger partial charge on any atom is 0.338 e. The van der Waals surface area contributed by atoms with Gasteiger partial charge in [0.15, 0.2) is 6.61 Å². The summed E-state index contributed by atoms with van der Waals surface area (Å²) in [6.45, 7) is 1.08. The molecule has 1 saturated carbocycles. The van der Waals surface area contributed by atoms with Crippen LogP contribution in [0.1, 0.15) is 55.8 Å². The SMILES string of the molecule is CC(=O)Oc1ccc(-c2ccc(C(=O)OCC(=O)NC3CCCCCC3)cc2)cc1. The highest BCUT2D eigenvalue weighted by molar-refractivity contribution is 5.92. The van der Waals surface area contributed by atoms with E-state index in [9.17, 15) is 14.4 Å². The van der Waals surface area contributed by atoms with E-state index >= 15 is 0 Å². The number of carbonyl (C=O) groups is 3. The molecule has 2 aromatic carbocycles. The van der Waals surface area contributed by atoms with Crippen molar-refractivity contribution < 1.29 is 23.9 Å². The normalized spacial score (nSPS) is 14.4. The fraction of sp³-hybridized carbons (Fsp3) is 0.375. The van der Waals surface area contributed by atoms with Crippen molar-refractivity contribution in [3.05, 3.63) is 54.1 Å². The molecule has 1 amide bonds. The highest BCUT2D eigenvalue weighted by atomic mass is 16.5. The number of ether oxygens (including phenoxy) is 2. The van der Waals surface area contributed by atoms with Crippen LogP contribution in [0.25, 0.3) is 11.1 Å². The van der Waals surface area contributed by atoms with E-state index in [0.717, 1.165) is 36.8 Å². The zero-order chi connectivity index (χ0) is 21.3. The molecular formula is C24H27NO5. The first-order valence-electron chi connectivity index (χ1n) is 10.4. The van der Waals surface area contributed by atoms with E-state index < -0.39 is 5.97 Å². The number of hydrogen-bond acceptors (Lipinski definition) is 5. The van der Waals surface area contributed by atoms with Crippen molar-refractivity contribution >= 4 is 17.8 Å². The van der Waals surface area contributed by atoms with Crippen LogP contribution in [0, 0.1) is 0 Å². The van der Waals surface area contributed by atoms with Crippen LogP contribution in [0.4, 0.5) is 0 Å². The molecule has 1 aliphatic carbocycles. The molecule has 2 aromatic rings. The minimum Gasteiger partial charge on any atom is -0.452 e. The minimum atomic E-state index is -0.525. The molecule has 6 nitrogen and oxygen atoms in total. The largest absolute Gasteiger partial charge is 0.452 e. The van der Waals surface area contributed by atoms with Gasteiger partial charge in [-0.1, -0.05) is 49.9 Å². The maximum atomic E-state index is 12.2. The second-order valence-electron chi connectivity index (χ2n) is 7.53. The molecule has 0 saturated heterocycles. The van der Waals surface area contributed by atoms with Gasteiger partial charge < -0.3 is 14.8 Å². The minimum absolute atomic E-state index is 0.185. The van der Waals surface area contributed by atoms with E-state index in [2.05, 4.69) is 5.32 Å². The highest BCUT2D eigenvalue weighted by Gasteiger charge is 2.16. The summed E-state index contributed by atoms with van der Waals surface area (Å²) in [5.74, 6) is -0.662. The van der Waals surface area contributed by atoms with Crippen LogP contribution in [-0.2, 0) is 14.3 Å². The van der Waals surface area contributed by atoms with Gasteiger partial charge >= 0.3 is 11.9 Å². The predicted octanol–water partition coefficient (Wildman–Crippen LogP) is 4.27. The van der Waals surface area contributed by atoms with Crippen LogP contribution >= 0.6 is 0 Å². The maximum absolute atomic E-state index is 12.2. The van der Waals surface area contributed by atoms with E-state index in [0.29, 0.717) is 11.3 Å². The Morgan fingerprint density at radius 1 is 0.867 bits per heavy atom. The topological polar surface area (TPSA) is 81.7 Å². The summed E-state index contributed by atoms with van der Waals surface area (Å²) in [6, 6.07) is 14.2. The van der Waals surface area contributed by atoms with Gasteiger partial charge in [0.05, 0.1) is 5.56 Å². The molecule has 1 fully saturated rings. The van der Waals surface area contributed by atoms with Gasteiger partial charge in [0.2, 0.25) is 0 Å². The Labute approximate surface area is 176 Å². The summed E-state index contributed by atoms with van der Waals surface area (Å²) in [5, 5.41) is 2.97. The van der Waals surface area contributed by atoms with E-state index in [4.69, 9.17) is 9.47 Å². The molecule has 0 spiro atoms. The van der Waals surface area contributed by atoms with Gasteiger partial charge in [-0.3, -0.25) is 9.59 Å². The number of benzene rings is 2. The van der Waals surface area contributed by atoms with Crippen LogP contribution in [0.3, 0.4) is 0 Å². The van der Waals surface area contributed by atoms with Crippen molar-refractivity contribution in [2.75, 3.05) is 6.61 Å². The summed E-state index contributed by atoms with van der Waals surface area (Å²) >= 11 is 0. The molecule has 0 radical (unpaired) electrons. The second-order valence-corrected chi connectivity index (χ2v) is 7.53. The zero-order valence-corrected chi connectivity index (χ0v) is 17.2. The molecule has 0 bridgehead atoms. The average molecular weight is 409 g/mol. The lowest BCUT2D eigenvalue weighted by Gasteiger charge is -2.16. The summed E-state index contributed by atoms with van der Waals surface area (Å²) in [5.41, 5.74) is 2.22. The summed E-state index contributed by atoms with van der Waals surface area (Å²) in [7, 11) is 0. The molecule has 0 unspecified atom stereocenters. The summed E-state index contributed by atoms with van der Waals surface area (Å²) in [6.07, 6.45) is 6.67. The van der Waals surface area contributed by atoms with E-state index in [1.807, 2.05) is 24.3 Å². The molecule has 3 rings (SSSR count). The molecule has 0 atom stereocenters. The van der Waals surface area contributed by atoms with Crippen molar-refractivity contribution in [2.24, 2.45) is 0 Å². The molecule has 1 N–H and O–H groups in total. The molecule has 6 heteroatoms. The third-order valence-corrected chi connectivity index (χ3v) is 5.12. The van der Waals surface area contributed by atoms with E-state index in [1.54, 1.807) is 24.3 Å². The van der Waals surface area contributed by atoms with Crippen molar-refractivity contribution in [3.63, 3.8) is 0 Å². The second kappa shape index (κ2) is 10.6. The van der Waals surface area contributed by atoms with Gasteiger partial charge in [0.1, 0.15) is 5.75 Å². The standard InChI is InChI=1S/C24H27NO5/c1-17(26)30-22-14-12-19(13-15-22)18-8-10-20(11-9-18)24(28)29-16-23(27)25-21-6-4-2-3-5-7-21/h8-15,21H,2-7,16H2,1H3,(H,25,27). The molecule has 158 valence electrons. The van der Waals surface area contributed by atoms with Crippen LogP contribution in [0.2, 0.25) is 0 Å². The lowest BCUT2D eigenvalue weighted by molar-refractivity contribution is -0.132. The summed E-state index contributed by atoms with van der Waals surface area (Å²) < 4.78 is 10.2. The highest BCUT2D eigenvalue weighted by Crippen LogP contribution is 2.23. The molecule has 30 heavy (non-hydrogen) atoms. The lowest BCUT2D eigenvalue weighted by atomic mass is 10.0. The number of esters is 2. The van der Waals surface area contributed by atoms with E-state index in [-0.39, 0.29) is 24.5 Å². The van der Waals surface area contributed by atoms with Crippen LogP contribution in [0.5, 0.6) is 5.75 Å². The number of hydrogen-bond donors (Lipinski definition) is 1. The molecule has 0 aliphatic heterocycles. The fourth-order valence-corrected chi connectivity index (χ4v) is 3.59. The van der Waals surface area contributed by atoms with Crippen molar-refractivity contribution in [3.8, 4) is 16.9 Å². The first kappa shape index (κ1) is 21.6. The monoisotopic (exact) mass is 409 g/mol. The van der Waals surface area contributed by atoms with Crippen LogP contribution < -0.4 is 10.1 Å². The van der Waals surface area contributed by atoms with Crippen molar-refractivity contribution in [1.29, 1.82) is 0 Å². The Bertz CT molecular complexity index is 865. The van der Waals surface area contributed by atoms with Crippen LogP contribution in [-0.4, -0.2) is 30.5 Å². The van der Waals surface area contributed by atoms with Gasteiger partial charge in [0.25, 0.3) is 5.91 Å². The third kappa shape index (κ3) is 6.44. The first-order chi connectivity index (χ1) is 14.5. The predicted molar refractivity (Wildman–Crippen MR) is 113 cm³/mol. The number of rotatable bonds is 6. The Kier molecular flexibility index (Phi) is 7.60. The molecular weight excluding hydrogens is 382 g/mol. The molecule has 0 heterocycles. The van der Waals surface area contributed by atoms with Gasteiger partial charge in [0, 0.05) is 13.0 Å². The Balaban J connectivity index is 1.50. The summed E-state index contributed by atoms with van der Waals surface area (Å²) in [4.78, 5) is 35.3. The van der Waals surface area contributed by atoms with Gasteiger partial charge in [-0.05, 0) is 48.2 Å². The van der Waals surface area contributed by atoms with Crippen LogP contribution in [0.15, 0.2) is 48.5 Å². The lowest BCUT2D eigenvalue weighted by Crippen LogP contribution is -2.37. The Morgan fingerprint density at radius 2 is 1.43 bits per heavy atom. The zero-order valence-electron chi connectivity index (χ0n) is 17.2. The number of nitrogens with one attached hydrogen (secondary N) is 1. The molecule has 1 aliphatic rings. The quantitative estimate of drug-likeness (QED) is 0.438. The van der Waals surface area contributed by atoms with Gasteiger partial charge in [-0.15, -0.1) is 0 Å². The van der Waals surface area contributed by atoms with Crippen molar-refractivity contribution in [1.82, 2.24) is 5.32 Å². The van der Waals surface area contributed by atoms with Gasteiger partial charge in [-0.2, -0.15) is 0 Å². The smallest absolute Gasteiger partial charge is 0.338 e. The van der Waals surface area contributed by atoms with Crippen molar-refractivity contribution in [2.45, 2.75) is 51.5 Å². The molecule has 0 aromatic heterocycles. The Hall–Kier alpha value is -3.15. The first-order valence-corrected chi connectivity index (χ1v) is 10.4. The number of carbonyl (C=O) groups excluding carboxylic acids is 3. The Morgan fingerprint density at radius 3 is 2.00 bits per heavy atom. The average Bonchev–Trinajstić information content (AvgIpc) is 3.01. The fourth-order valence-electron chi connectivity index (χ4n) is 3.59. The number of amides is 1. The van der Waals surface area contributed by atoms with E-state index in [1.165, 1.54) is 19.8 Å². The third-order valence-electron chi connectivity index (χ3n) is 5.12.